The highest BCUT2D eigenvalue weighted by Gasteiger charge is 2.15. The van der Waals surface area contributed by atoms with Crippen molar-refractivity contribution in [1.29, 1.82) is 0 Å². The zero-order chi connectivity index (χ0) is 19.1. The molecule has 1 N–H and O–H groups in total. The van der Waals surface area contributed by atoms with Crippen molar-refractivity contribution in [3.63, 3.8) is 0 Å². The van der Waals surface area contributed by atoms with Gasteiger partial charge in [0.15, 0.2) is 0 Å². The first-order valence-corrected chi connectivity index (χ1v) is 9.84. The van der Waals surface area contributed by atoms with E-state index in [1.54, 1.807) is 0 Å². The van der Waals surface area contributed by atoms with Crippen molar-refractivity contribution in [1.82, 2.24) is 14.3 Å². The van der Waals surface area contributed by atoms with E-state index in [0.29, 0.717) is 5.39 Å². The van der Waals surface area contributed by atoms with Crippen molar-refractivity contribution in [2.45, 2.75) is 13.0 Å². The van der Waals surface area contributed by atoms with Crippen molar-refractivity contribution < 1.29 is 0 Å². The summed E-state index contributed by atoms with van der Waals surface area (Å²) in [6.07, 6.45) is 5.46. The van der Waals surface area contributed by atoms with Gasteiger partial charge in [0.2, 0.25) is 0 Å². The first-order chi connectivity index (χ1) is 13.7. The Labute approximate surface area is 167 Å². The number of H-pyrrole nitrogens is 1. The standard InChI is InChI=1S/C23H20ClN3O/c24-19-7-5-17(6-8-19)18-9-11-26(12-10-18)14-16-13-22-25-23(28)20-3-1-2-4-21(20)27(22)15-16/h1-9,13,15H,10-12,14H2,(H,25,28). The zero-order valence-electron chi connectivity index (χ0n) is 15.4. The molecule has 0 atom stereocenters. The van der Waals surface area contributed by atoms with Gasteiger partial charge in [0.05, 0.1) is 10.9 Å². The normalized spacial score (nSPS) is 15.2. The van der Waals surface area contributed by atoms with E-state index in [0.717, 1.165) is 42.2 Å². The highest BCUT2D eigenvalue weighted by atomic mass is 35.5. The Morgan fingerprint density at radius 3 is 2.68 bits per heavy atom. The van der Waals surface area contributed by atoms with E-state index in [2.05, 4.69) is 44.8 Å². The van der Waals surface area contributed by atoms with Crippen LogP contribution in [0.25, 0.3) is 22.1 Å². The minimum atomic E-state index is -0.0405. The van der Waals surface area contributed by atoms with Crippen LogP contribution in [-0.4, -0.2) is 27.4 Å². The number of rotatable bonds is 3. The Hall–Kier alpha value is -2.82. The van der Waals surface area contributed by atoms with Gasteiger partial charge in [-0.1, -0.05) is 41.9 Å². The topological polar surface area (TPSA) is 40.5 Å². The first kappa shape index (κ1) is 17.3. The number of hydrogen-bond acceptors (Lipinski definition) is 2. The number of hydrogen-bond donors (Lipinski definition) is 1. The van der Waals surface area contributed by atoms with Crippen LogP contribution in [-0.2, 0) is 6.54 Å². The summed E-state index contributed by atoms with van der Waals surface area (Å²) in [5.41, 5.74) is 5.58. The van der Waals surface area contributed by atoms with Crippen LogP contribution in [0.15, 0.2) is 71.7 Å². The number of aromatic nitrogens is 2. The van der Waals surface area contributed by atoms with Crippen molar-refractivity contribution in [2.24, 2.45) is 0 Å². The monoisotopic (exact) mass is 389 g/mol. The molecule has 140 valence electrons. The molecule has 0 bridgehead atoms. The predicted molar refractivity (Wildman–Crippen MR) is 115 cm³/mol. The van der Waals surface area contributed by atoms with E-state index in [9.17, 15) is 4.79 Å². The summed E-state index contributed by atoms with van der Waals surface area (Å²) < 4.78 is 2.07. The van der Waals surface area contributed by atoms with Crippen LogP contribution >= 0.6 is 11.6 Å². The SMILES string of the molecule is O=c1[nH]c2cc(CN3CC=C(c4ccc(Cl)cc4)CC3)cn2c2ccccc12. The molecule has 0 unspecified atom stereocenters. The van der Waals surface area contributed by atoms with Gasteiger partial charge in [0, 0.05) is 30.9 Å². The average Bonchev–Trinajstić information content (AvgIpc) is 3.12. The van der Waals surface area contributed by atoms with Crippen LogP contribution in [0.1, 0.15) is 17.5 Å². The minimum Gasteiger partial charge on any atom is -0.308 e. The fraction of sp³-hybridized carbons (Fsp3) is 0.174. The van der Waals surface area contributed by atoms with E-state index in [1.807, 2.05) is 36.4 Å². The molecule has 5 rings (SSSR count). The van der Waals surface area contributed by atoms with Crippen LogP contribution in [0.4, 0.5) is 0 Å². The lowest BCUT2D eigenvalue weighted by Crippen LogP contribution is -2.27. The number of nitrogens with zero attached hydrogens (tertiary/aromatic N) is 2. The van der Waals surface area contributed by atoms with Gasteiger partial charge in [-0.25, -0.2) is 0 Å². The average molecular weight is 390 g/mol. The third-order valence-electron chi connectivity index (χ3n) is 5.44. The summed E-state index contributed by atoms with van der Waals surface area (Å²) >= 11 is 5.99. The molecule has 1 aliphatic rings. The van der Waals surface area contributed by atoms with Gasteiger partial charge in [-0.15, -0.1) is 0 Å². The maximum absolute atomic E-state index is 12.3. The van der Waals surface area contributed by atoms with Gasteiger partial charge in [0.1, 0.15) is 5.65 Å². The minimum absolute atomic E-state index is 0.0405. The van der Waals surface area contributed by atoms with Gasteiger partial charge >= 0.3 is 0 Å². The van der Waals surface area contributed by atoms with Crippen molar-refractivity contribution >= 4 is 33.7 Å². The number of fused-ring (bicyclic) bond motifs is 3. The Balaban J connectivity index is 1.38. The van der Waals surface area contributed by atoms with Crippen molar-refractivity contribution in [3.05, 3.63) is 93.4 Å². The number of nitrogens with one attached hydrogen (secondary N) is 1. The fourth-order valence-electron chi connectivity index (χ4n) is 4.00. The van der Waals surface area contributed by atoms with Gasteiger partial charge in [-0.3, -0.25) is 9.69 Å². The van der Waals surface area contributed by atoms with Gasteiger partial charge < -0.3 is 9.38 Å². The Bertz CT molecular complexity index is 1250. The zero-order valence-corrected chi connectivity index (χ0v) is 16.1. The summed E-state index contributed by atoms with van der Waals surface area (Å²) in [7, 11) is 0. The summed E-state index contributed by atoms with van der Waals surface area (Å²) in [6.45, 7) is 2.79. The van der Waals surface area contributed by atoms with E-state index >= 15 is 0 Å². The second-order valence-corrected chi connectivity index (χ2v) is 7.73. The third-order valence-corrected chi connectivity index (χ3v) is 5.69. The smallest absolute Gasteiger partial charge is 0.258 e. The van der Waals surface area contributed by atoms with Crippen LogP contribution < -0.4 is 5.56 Å². The first-order valence-electron chi connectivity index (χ1n) is 9.47. The Kier molecular flexibility index (Phi) is 4.30. The largest absolute Gasteiger partial charge is 0.308 e. The maximum atomic E-state index is 12.3. The molecule has 5 heteroatoms. The molecule has 1 aliphatic heterocycles. The van der Waals surface area contributed by atoms with E-state index < -0.39 is 0 Å². The molecule has 0 amide bonds. The summed E-state index contributed by atoms with van der Waals surface area (Å²) in [6, 6.07) is 17.9. The molecule has 0 fully saturated rings. The van der Waals surface area contributed by atoms with Gasteiger partial charge in [0.25, 0.3) is 5.56 Å². The van der Waals surface area contributed by atoms with Crippen LogP contribution in [0.3, 0.4) is 0 Å². The second kappa shape index (κ2) is 6.97. The molecule has 3 heterocycles. The Morgan fingerprint density at radius 2 is 1.89 bits per heavy atom. The molecule has 4 nitrogen and oxygen atoms in total. The molecule has 0 saturated heterocycles. The number of para-hydroxylation sites is 1. The predicted octanol–water partition coefficient (Wildman–Crippen LogP) is 4.72. The molecule has 2 aromatic heterocycles. The molecule has 0 saturated carbocycles. The number of aromatic amines is 1. The Morgan fingerprint density at radius 1 is 1.07 bits per heavy atom. The van der Waals surface area contributed by atoms with E-state index in [-0.39, 0.29) is 5.56 Å². The van der Waals surface area contributed by atoms with Crippen LogP contribution in [0, 0.1) is 0 Å². The third kappa shape index (κ3) is 3.15. The molecule has 2 aromatic carbocycles. The molecule has 0 aliphatic carbocycles. The van der Waals surface area contributed by atoms with E-state index in [4.69, 9.17) is 11.6 Å². The number of benzene rings is 2. The summed E-state index contributed by atoms with van der Waals surface area (Å²) in [4.78, 5) is 17.7. The van der Waals surface area contributed by atoms with E-state index in [1.165, 1.54) is 16.7 Å². The molecule has 28 heavy (non-hydrogen) atoms. The lowest BCUT2D eigenvalue weighted by molar-refractivity contribution is 0.294. The lowest BCUT2D eigenvalue weighted by atomic mass is 9.99. The molecule has 4 aromatic rings. The lowest BCUT2D eigenvalue weighted by Gasteiger charge is -2.26. The molecular weight excluding hydrogens is 370 g/mol. The molecule has 0 radical (unpaired) electrons. The summed E-state index contributed by atoms with van der Waals surface area (Å²) in [5, 5.41) is 1.48. The van der Waals surface area contributed by atoms with Crippen molar-refractivity contribution in [3.8, 4) is 0 Å². The fourth-order valence-corrected chi connectivity index (χ4v) is 4.12. The molecule has 0 spiro atoms. The highest BCUT2D eigenvalue weighted by Crippen LogP contribution is 2.25. The highest BCUT2D eigenvalue weighted by molar-refractivity contribution is 6.30. The molecular formula is C23H20ClN3O. The van der Waals surface area contributed by atoms with Crippen LogP contribution in [0.2, 0.25) is 5.02 Å². The van der Waals surface area contributed by atoms with Crippen LogP contribution in [0.5, 0.6) is 0 Å². The summed E-state index contributed by atoms with van der Waals surface area (Å²) in [5.74, 6) is 0. The second-order valence-electron chi connectivity index (χ2n) is 7.30. The van der Waals surface area contributed by atoms with Gasteiger partial charge in [-0.2, -0.15) is 0 Å². The van der Waals surface area contributed by atoms with Crippen molar-refractivity contribution in [2.75, 3.05) is 13.1 Å². The quantitative estimate of drug-likeness (QED) is 0.550. The number of halogens is 1. The maximum Gasteiger partial charge on any atom is 0.258 e. The van der Waals surface area contributed by atoms with Gasteiger partial charge in [-0.05, 0) is 53.5 Å².